The minimum absolute atomic E-state index is 0.276. The van der Waals surface area contributed by atoms with E-state index in [-0.39, 0.29) is 6.03 Å². The Hall–Kier alpha value is -2.20. The van der Waals surface area contributed by atoms with Crippen LogP contribution in [0, 0.1) is 6.92 Å². The van der Waals surface area contributed by atoms with Crippen LogP contribution in [0.5, 0.6) is 0 Å². The van der Waals surface area contributed by atoms with Gasteiger partial charge in [-0.05, 0) is 61.4 Å². The Morgan fingerprint density at radius 3 is 2.30 bits per heavy atom. The maximum Gasteiger partial charge on any atom is 0.323 e. The molecule has 0 aliphatic heterocycles. The SMILES string of the molecule is CCCN(C)c1ccc(NC(=O)Nc2ccc(Cl)c(C)c2)cc1. The largest absolute Gasteiger partial charge is 0.375 e. The molecule has 0 atom stereocenters. The number of hydrogen-bond acceptors (Lipinski definition) is 2. The monoisotopic (exact) mass is 331 g/mol. The van der Waals surface area contributed by atoms with E-state index in [4.69, 9.17) is 11.6 Å². The normalized spacial score (nSPS) is 10.3. The smallest absolute Gasteiger partial charge is 0.323 e. The lowest BCUT2D eigenvalue weighted by molar-refractivity contribution is 0.262. The van der Waals surface area contributed by atoms with Gasteiger partial charge in [0.1, 0.15) is 0 Å². The molecule has 0 aliphatic carbocycles. The number of benzene rings is 2. The van der Waals surface area contributed by atoms with E-state index in [1.54, 1.807) is 12.1 Å². The van der Waals surface area contributed by atoms with Gasteiger partial charge >= 0.3 is 6.03 Å². The Morgan fingerprint density at radius 2 is 1.70 bits per heavy atom. The van der Waals surface area contributed by atoms with Gasteiger partial charge in [-0.1, -0.05) is 18.5 Å². The summed E-state index contributed by atoms with van der Waals surface area (Å²) in [4.78, 5) is 14.2. The molecule has 0 saturated carbocycles. The summed E-state index contributed by atoms with van der Waals surface area (Å²) in [7, 11) is 2.06. The highest BCUT2D eigenvalue weighted by molar-refractivity contribution is 6.31. The number of nitrogens with one attached hydrogen (secondary N) is 2. The van der Waals surface area contributed by atoms with Gasteiger partial charge in [-0.2, -0.15) is 0 Å². The lowest BCUT2D eigenvalue weighted by Crippen LogP contribution is -2.20. The van der Waals surface area contributed by atoms with Gasteiger partial charge in [-0.3, -0.25) is 0 Å². The third kappa shape index (κ3) is 4.89. The molecule has 4 nitrogen and oxygen atoms in total. The van der Waals surface area contributed by atoms with Gasteiger partial charge in [0.15, 0.2) is 0 Å². The van der Waals surface area contributed by atoms with Gasteiger partial charge in [0.25, 0.3) is 0 Å². The Morgan fingerprint density at radius 1 is 1.09 bits per heavy atom. The number of amides is 2. The summed E-state index contributed by atoms with van der Waals surface area (Å²) in [5.74, 6) is 0. The fourth-order valence-corrected chi connectivity index (χ4v) is 2.40. The Kier molecular flexibility index (Phi) is 5.88. The zero-order chi connectivity index (χ0) is 16.8. The molecule has 2 N–H and O–H groups in total. The van der Waals surface area contributed by atoms with Gasteiger partial charge < -0.3 is 15.5 Å². The molecule has 2 rings (SSSR count). The van der Waals surface area contributed by atoms with Crippen molar-refractivity contribution in [3.8, 4) is 0 Å². The molecule has 0 saturated heterocycles. The molecule has 2 aromatic carbocycles. The third-order valence-electron chi connectivity index (χ3n) is 3.54. The first-order valence-electron chi connectivity index (χ1n) is 7.65. The van der Waals surface area contributed by atoms with Crippen molar-refractivity contribution in [2.24, 2.45) is 0 Å². The van der Waals surface area contributed by atoms with E-state index in [9.17, 15) is 4.79 Å². The zero-order valence-electron chi connectivity index (χ0n) is 13.7. The summed E-state index contributed by atoms with van der Waals surface area (Å²) >= 11 is 5.98. The molecule has 5 heteroatoms. The van der Waals surface area contributed by atoms with Crippen LogP contribution in [0.3, 0.4) is 0 Å². The number of urea groups is 1. The lowest BCUT2D eigenvalue weighted by atomic mass is 10.2. The number of carbonyl (C=O) groups is 1. The second-order valence-electron chi connectivity index (χ2n) is 5.51. The van der Waals surface area contributed by atoms with Crippen molar-refractivity contribution < 1.29 is 4.79 Å². The minimum atomic E-state index is -0.276. The molecule has 0 unspecified atom stereocenters. The van der Waals surface area contributed by atoms with Gasteiger partial charge in [-0.25, -0.2) is 4.79 Å². The van der Waals surface area contributed by atoms with Crippen molar-refractivity contribution in [3.63, 3.8) is 0 Å². The summed E-state index contributed by atoms with van der Waals surface area (Å²) < 4.78 is 0. The molecule has 0 spiro atoms. The van der Waals surface area contributed by atoms with Crippen LogP contribution >= 0.6 is 11.6 Å². The molecule has 23 heavy (non-hydrogen) atoms. The number of aryl methyl sites for hydroxylation is 1. The van der Waals surface area contributed by atoms with Crippen LogP contribution in [0.4, 0.5) is 21.9 Å². The molecular weight excluding hydrogens is 310 g/mol. The number of nitrogens with zero attached hydrogens (tertiary/aromatic N) is 1. The third-order valence-corrected chi connectivity index (χ3v) is 3.96. The number of anilines is 3. The number of halogens is 1. The van der Waals surface area contributed by atoms with Gasteiger partial charge in [0, 0.05) is 35.7 Å². The topological polar surface area (TPSA) is 44.4 Å². The molecule has 122 valence electrons. The van der Waals surface area contributed by atoms with Crippen LogP contribution in [0.1, 0.15) is 18.9 Å². The highest BCUT2D eigenvalue weighted by Gasteiger charge is 2.05. The van der Waals surface area contributed by atoms with Crippen molar-refractivity contribution >= 4 is 34.7 Å². The van der Waals surface area contributed by atoms with Crippen LogP contribution in [-0.4, -0.2) is 19.6 Å². The van der Waals surface area contributed by atoms with E-state index < -0.39 is 0 Å². The first-order chi connectivity index (χ1) is 11.0. The number of hydrogen-bond donors (Lipinski definition) is 2. The molecule has 0 fully saturated rings. The van der Waals surface area contributed by atoms with Crippen LogP contribution in [-0.2, 0) is 0 Å². The van der Waals surface area contributed by atoms with E-state index in [2.05, 4.69) is 29.5 Å². The standard InChI is InChI=1S/C18H22ClN3O/c1-4-11-22(3)16-8-5-14(6-9-16)20-18(23)21-15-7-10-17(19)13(2)12-15/h5-10,12H,4,11H2,1-3H3,(H2,20,21,23). The molecule has 0 aliphatic rings. The number of carbonyl (C=O) groups excluding carboxylic acids is 1. The van der Waals surface area contributed by atoms with Gasteiger partial charge in [0.2, 0.25) is 0 Å². The molecule has 2 aromatic rings. The van der Waals surface area contributed by atoms with E-state index in [0.29, 0.717) is 10.7 Å². The van der Waals surface area contributed by atoms with Crippen LogP contribution in [0.2, 0.25) is 5.02 Å². The maximum atomic E-state index is 12.0. The molecule has 0 heterocycles. The van der Waals surface area contributed by atoms with Crippen molar-refractivity contribution in [1.82, 2.24) is 0 Å². The highest BCUT2D eigenvalue weighted by atomic mass is 35.5. The van der Waals surface area contributed by atoms with Gasteiger partial charge in [0.05, 0.1) is 0 Å². The first-order valence-corrected chi connectivity index (χ1v) is 8.02. The van der Waals surface area contributed by atoms with E-state index >= 15 is 0 Å². The molecular formula is C18H22ClN3O. The highest BCUT2D eigenvalue weighted by Crippen LogP contribution is 2.20. The summed E-state index contributed by atoms with van der Waals surface area (Å²) in [6.45, 7) is 5.05. The average molecular weight is 332 g/mol. The van der Waals surface area contributed by atoms with Crippen LogP contribution in [0.25, 0.3) is 0 Å². The van der Waals surface area contributed by atoms with Crippen molar-refractivity contribution in [2.75, 3.05) is 29.1 Å². The predicted molar refractivity (Wildman–Crippen MR) is 98.8 cm³/mol. The summed E-state index contributed by atoms with van der Waals surface area (Å²) in [6, 6.07) is 12.9. The lowest BCUT2D eigenvalue weighted by Gasteiger charge is -2.18. The van der Waals surface area contributed by atoms with E-state index in [0.717, 1.165) is 29.9 Å². The minimum Gasteiger partial charge on any atom is -0.375 e. The maximum absolute atomic E-state index is 12.0. The summed E-state index contributed by atoms with van der Waals surface area (Å²) in [6.07, 6.45) is 1.10. The molecule has 2 amide bonds. The van der Waals surface area contributed by atoms with E-state index in [1.807, 2.05) is 37.3 Å². The Labute approximate surface area is 142 Å². The Balaban J connectivity index is 1.95. The van der Waals surface area contributed by atoms with E-state index in [1.165, 1.54) is 0 Å². The predicted octanol–water partition coefficient (Wildman–Crippen LogP) is 5.14. The number of rotatable bonds is 5. The fraction of sp³-hybridized carbons (Fsp3) is 0.278. The molecule has 0 radical (unpaired) electrons. The van der Waals surface area contributed by atoms with Crippen molar-refractivity contribution in [1.29, 1.82) is 0 Å². The van der Waals surface area contributed by atoms with Gasteiger partial charge in [-0.15, -0.1) is 0 Å². The second-order valence-corrected chi connectivity index (χ2v) is 5.92. The Bertz CT molecular complexity index is 670. The van der Waals surface area contributed by atoms with Crippen LogP contribution in [0.15, 0.2) is 42.5 Å². The van der Waals surface area contributed by atoms with Crippen molar-refractivity contribution in [3.05, 3.63) is 53.1 Å². The zero-order valence-corrected chi connectivity index (χ0v) is 14.4. The average Bonchev–Trinajstić information content (AvgIpc) is 2.52. The van der Waals surface area contributed by atoms with Crippen molar-refractivity contribution in [2.45, 2.75) is 20.3 Å². The molecule has 0 aromatic heterocycles. The molecule has 0 bridgehead atoms. The quantitative estimate of drug-likeness (QED) is 0.796. The van der Waals surface area contributed by atoms with Crippen LogP contribution < -0.4 is 15.5 Å². The fourth-order valence-electron chi connectivity index (χ4n) is 2.28. The summed E-state index contributed by atoms with van der Waals surface area (Å²) in [5, 5.41) is 6.30. The first kappa shape index (κ1) is 17.2. The second kappa shape index (κ2) is 7.88. The summed E-state index contributed by atoms with van der Waals surface area (Å²) in [5.41, 5.74) is 3.52.